The molecule has 2 aromatic rings. The van der Waals surface area contributed by atoms with Gasteiger partial charge >= 0.3 is 0 Å². The molecule has 1 N–H and O–H groups in total. The normalized spacial score (nSPS) is 14.3. The molecule has 0 aromatic heterocycles. The second-order valence-electron chi connectivity index (χ2n) is 6.41. The summed E-state index contributed by atoms with van der Waals surface area (Å²) in [5.41, 5.74) is 2.47. The van der Waals surface area contributed by atoms with Crippen LogP contribution in [0.4, 0.5) is 15.8 Å². The molecule has 0 bridgehead atoms. The van der Waals surface area contributed by atoms with E-state index in [0.717, 1.165) is 23.7 Å². The third kappa shape index (κ3) is 3.58. The SMILES string of the molecule is CCCN1C(=O)CCc2cc(NS(=O)(=O)c3ccc(F)c(C)c3)ccc21. The van der Waals surface area contributed by atoms with Crippen LogP contribution >= 0.6 is 0 Å². The van der Waals surface area contributed by atoms with Crippen LogP contribution < -0.4 is 9.62 Å². The van der Waals surface area contributed by atoms with Crippen LogP contribution in [0.2, 0.25) is 0 Å². The summed E-state index contributed by atoms with van der Waals surface area (Å²) in [7, 11) is -3.81. The molecule has 0 radical (unpaired) electrons. The standard InChI is InChI=1S/C19H21FN2O3S/c1-3-10-22-18-8-5-15(12-14(18)4-9-19(22)23)21-26(24,25)16-6-7-17(20)13(2)11-16/h5-8,11-12,21H,3-4,9-10H2,1-2H3. The number of hydrogen-bond acceptors (Lipinski definition) is 3. The van der Waals surface area contributed by atoms with Crippen molar-refractivity contribution in [3.63, 3.8) is 0 Å². The van der Waals surface area contributed by atoms with Crippen molar-refractivity contribution in [3.8, 4) is 0 Å². The summed E-state index contributed by atoms with van der Waals surface area (Å²) in [4.78, 5) is 13.9. The molecule has 0 aliphatic carbocycles. The molecule has 0 unspecified atom stereocenters. The van der Waals surface area contributed by atoms with Gasteiger partial charge in [0.15, 0.2) is 0 Å². The molecule has 1 aliphatic rings. The Hall–Kier alpha value is -2.41. The van der Waals surface area contributed by atoms with Gasteiger partial charge < -0.3 is 4.90 Å². The number of carbonyl (C=O) groups excluding carboxylic acids is 1. The first-order chi connectivity index (χ1) is 12.3. The van der Waals surface area contributed by atoms with Crippen molar-refractivity contribution >= 4 is 27.3 Å². The van der Waals surface area contributed by atoms with Crippen molar-refractivity contribution in [3.05, 3.63) is 53.3 Å². The molecule has 138 valence electrons. The fraction of sp³-hybridized carbons (Fsp3) is 0.316. The van der Waals surface area contributed by atoms with Gasteiger partial charge in [-0.05, 0) is 67.3 Å². The van der Waals surface area contributed by atoms with E-state index in [4.69, 9.17) is 0 Å². The highest BCUT2D eigenvalue weighted by molar-refractivity contribution is 7.92. The van der Waals surface area contributed by atoms with E-state index in [9.17, 15) is 17.6 Å². The molecule has 26 heavy (non-hydrogen) atoms. The van der Waals surface area contributed by atoms with Crippen LogP contribution in [-0.4, -0.2) is 20.9 Å². The molecule has 2 aromatic carbocycles. The molecular formula is C19H21FN2O3S. The molecule has 3 rings (SSSR count). The summed E-state index contributed by atoms with van der Waals surface area (Å²) < 4.78 is 41.0. The largest absolute Gasteiger partial charge is 0.312 e. The van der Waals surface area contributed by atoms with Crippen molar-refractivity contribution in [2.45, 2.75) is 38.0 Å². The number of benzene rings is 2. The topological polar surface area (TPSA) is 66.5 Å². The molecule has 0 spiro atoms. The molecule has 5 nitrogen and oxygen atoms in total. The Morgan fingerprint density at radius 1 is 1.15 bits per heavy atom. The van der Waals surface area contributed by atoms with Crippen LogP contribution in [0.3, 0.4) is 0 Å². The highest BCUT2D eigenvalue weighted by atomic mass is 32.2. The van der Waals surface area contributed by atoms with Crippen LogP contribution in [0.1, 0.15) is 30.9 Å². The van der Waals surface area contributed by atoms with Gasteiger partial charge in [0, 0.05) is 24.3 Å². The maximum absolute atomic E-state index is 13.4. The van der Waals surface area contributed by atoms with Gasteiger partial charge in [-0.1, -0.05) is 6.92 Å². The van der Waals surface area contributed by atoms with E-state index in [1.807, 2.05) is 6.92 Å². The smallest absolute Gasteiger partial charge is 0.261 e. The average Bonchev–Trinajstić information content (AvgIpc) is 2.59. The zero-order valence-electron chi connectivity index (χ0n) is 14.8. The van der Waals surface area contributed by atoms with E-state index < -0.39 is 15.8 Å². The summed E-state index contributed by atoms with van der Waals surface area (Å²) in [6, 6.07) is 8.87. The quantitative estimate of drug-likeness (QED) is 0.867. The lowest BCUT2D eigenvalue weighted by Crippen LogP contribution is -2.35. The third-order valence-electron chi connectivity index (χ3n) is 4.42. The molecule has 0 fully saturated rings. The Morgan fingerprint density at radius 2 is 1.92 bits per heavy atom. The minimum Gasteiger partial charge on any atom is -0.312 e. The fourth-order valence-corrected chi connectivity index (χ4v) is 4.22. The van der Waals surface area contributed by atoms with E-state index in [-0.39, 0.29) is 16.4 Å². The highest BCUT2D eigenvalue weighted by Crippen LogP contribution is 2.31. The zero-order valence-corrected chi connectivity index (χ0v) is 15.6. The van der Waals surface area contributed by atoms with E-state index in [1.165, 1.54) is 19.1 Å². The Balaban J connectivity index is 1.89. The number of amides is 1. The van der Waals surface area contributed by atoms with Gasteiger partial charge in [-0.25, -0.2) is 12.8 Å². The van der Waals surface area contributed by atoms with Crippen molar-refractivity contribution < 1.29 is 17.6 Å². The Labute approximate surface area is 152 Å². The number of aryl methyl sites for hydroxylation is 2. The van der Waals surface area contributed by atoms with Gasteiger partial charge in [-0.3, -0.25) is 9.52 Å². The number of fused-ring (bicyclic) bond motifs is 1. The number of rotatable bonds is 5. The lowest BCUT2D eigenvalue weighted by molar-refractivity contribution is -0.118. The van der Waals surface area contributed by atoms with Crippen LogP contribution in [0.15, 0.2) is 41.3 Å². The molecular weight excluding hydrogens is 355 g/mol. The van der Waals surface area contributed by atoms with Crippen LogP contribution in [0, 0.1) is 12.7 Å². The second kappa shape index (κ2) is 7.07. The Bertz CT molecular complexity index is 957. The number of halogens is 1. The van der Waals surface area contributed by atoms with E-state index >= 15 is 0 Å². The number of nitrogens with one attached hydrogen (secondary N) is 1. The molecule has 1 aliphatic heterocycles. The maximum atomic E-state index is 13.4. The van der Waals surface area contributed by atoms with Crippen molar-refractivity contribution in [2.75, 3.05) is 16.2 Å². The van der Waals surface area contributed by atoms with Gasteiger partial charge in [0.2, 0.25) is 5.91 Å². The van der Waals surface area contributed by atoms with E-state index in [2.05, 4.69) is 4.72 Å². The van der Waals surface area contributed by atoms with E-state index in [1.54, 1.807) is 23.1 Å². The number of hydrogen-bond donors (Lipinski definition) is 1. The lowest BCUT2D eigenvalue weighted by atomic mass is 10.0. The predicted molar refractivity (Wildman–Crippen MR) is 99.4 cm³/mol. The lowest BCUT2D eigenvalue weighted by Gasteiger charge is -2.29. The molecule has 1 heterocycles. The van der Waals surface area contributed by atoms with Gasteiger partial charge in [-0.2, -0.15) is 0 Å². The van der Waals surface area contributed by atoms with E-state index in [0.29, 0.717) is 25.1 Å². The van der Waals surface area contributed by atoms with Crippen molar-refractivity contribution in [2.24, 2.45) is 0 Å². The summed E-state index contributed by atoms with van der Waals surface area (Å²) in [5, 5.41) is 0. The highest BCUT2D eigenvalue weighted by Gasteiger charge is 2.24. The fourth-order valence-electron chi connectivity index (χ4n) is 3.09. The molecule has 0 atom stereocenters. The summed E-state index contributed by atoms with van der Waals surface area (Å²) >= 11 is 0. The summed E-state index contributed by atoms with van der Waals surface area (Å²) in [5.74, 6) is -0.354. The second-order valence-corrected chi connectivity index (χ2v) is 8.09. The van der Waals surface area contributed by atoms with Crippen LogP contribution in [0.5, 0.6) is 0 Å². The summed E-state index contributed by atoms with van der Waals surface area (Å²) in [6.45, 7) is 4.17. The first-order valence-corrected chi connectivity index (χ1v) is 10.0. The van der Waals surface area contributed by atoms with Gasteiger partial charge in [0.25, 0.3) is 10.0 Å². The molecule has 0 saturated heterocycles. The van der Waals surface area contributed by atoms with Gasteiger partial charge in [-0.15, -0.1) is 0 Å². The number of sulfonamides is 1. The minimum atomic E-state index is -3.81. The van der Waals surface area contributed by atoms with Gasteiger partial charge in [0.05, 0.1) is 4.90 Å². The minimum absolute atomic E-state index is 0.0110. The third-order valence-corrected chi connectivity index (χ3v) is 5.80. The number of nitrogens with zero attached hydrogens (tertiary/aromatic N) is 1. The monoisotopic (exact) mass is 376 g/mol. The predicted octanol–water partition coefficient (Wildman–Crippen LogP) is 3.62. The maximum Gasteiger partial charge on any atom is 0.261 e. The van der Waals surface area contributed by atoms with Crippen LogP contribution in [0.25, 0.3) is 0 Å². The Morgan fingerprint density at radius 3 is 2.62 bits per heavy atom. The Kier molecular flexibility index (Phi) is 5.00. The average molecular weight is 376 g/mol. The number of carbonyl (C=O) groups is 1. The van der Waals surface area contributed by atoms with Crippen molar-refractivity contribution in [1.82, 2.24) is 0 Å². The first-order valence-electron chi connectivity index (χ1n) is 8.54. The molecule has 0 saturated carbocycles. The van der Waals surface area contributed by atoms with Crippen LogP contribution in [-0.2, 0) is 21.2 Å². The van der Waals surface area contributed by atoms with Crippen molar-refractivity contribution in [1.29, 1.82) is 0 Å². The number of anilines is 2. The molecule has 7 heteroatoms. The first kappa shape index (κ1) is 18.4. The molecule has 1 amide bonds. The summed E-state index contributed by atoms with van der Waals surface area (Å²) in [6.07, 6.45) is 1.85. The van der Waals surface area contributed by atoms with Gasteiger partial charge in [0.1, 0.15) is 5.82 Å². The zero-order chi connectivity index (χ0) is 18.9.